The summed E-state index contributed by atoms with van der Waals surface area (Å²) in [7, 11) is -1.48. The monoisotopic (exact) mass is 725 g/mol. The highest BCUT2D eigenvalue weighted by molar-refractivity contribution is 7.90. The zero-order valence-electron chi connectivity index (χ0n) is 31.1. The van der Waals surface area contributed by atoms with Crippen LogP contribution in [0.4, 0.5) is 10.5 Å². The molecule has 2 amide bonds. The maximum atomic E-state index is 14.1. The van der Waals surface area contributed by atoms with Gasteiger partial charge in [-0.05, 0) is 92.9 Å². The Bertz CT molecular complexity index is 1450. The van der Waals surface area contributed by atoms with Crippen LogP contribution in [0.1, 0.15) is 105 Å². The van der Waals surface area contributed by atoms with Crippen molar-refractivity contribution in [3.8, 4) is 5.75 Å². The van der Waals surface area contributed by atoms with Crippen molar-refractivity contribution in [1.82, 2.24) is 9.21 Å². The van der Waals surface area contributed by atoms with Crippen molar-refractivity contribution in [3.05, 3.63) is 35.3 Å². The number of ether oxygens (including phenoxy) is 3. The van der Waals surface area contributed by atoms with E-state index in [9.17, 15) is 23.1 Å². The van der Waals surface area contributed by atoms with Crippen LogP contribution >= 0.6 is 0 Å². The molecule has 0 radical (unpaired) electrons. The molecule has 0 aromatic heterocycles. The molecule has 2 atom stereocenters. The summed E-state index contributed by atoms with van der Waals surface area (Å²) in [5.74, 6) is -1.68. The normalized spacial score (nSPS) is 17.3. The number of aliphatic hydroxyl groups is 1. The molecular weight excluding hydrogens is 666 g/mol. The van der Waals surface area contributed by atoms with Gasteiger partial charge in [-0.1, -0.05) is 31.4 Å². The highest BCUT2D eigenvalue weighted by atomic mass is 32.2. The van der Waals surface area contributed by atoms with E-state index in [1.54, 1.807) is 46.8 Å². The maximum absolute atomic E-state index is 14.1. The van der Waals surface area contributed by atoms with E-state index < -0.39 is 55.8 Å². The zero-order valence-corrected chi connectivity index (χ0v) is 31.9. The predicted octanol–water partition coefficient (Wildman–Crippen LogP) is 5.20. The summed E-state index contributed by atoms with van der Waals surface area (Å²) in [4.78, 5) is 30.9. The van der Waals surface area contributed by atoms with Crippen molar-refractivity contribution in [2.75, 3.05) is 32.6 Å². The van der Waals surface area contributed by atoms with Crippen LogP contribution in [0.3, 0.4) is 0 Å². The van der Waals surface area contributed by atoms with Gasteiger partial charge < -0.3 is 40.4 Å². The predicted molar refractivity (Wildman–Crippen MR) is 194 cm³/mol. The lowest BCUT2D eigenvalue weighted by Gasteiger charge is -2.41. The Morgan fingerprint density at radius 1 is 1.10 bits per heavy atom. The molecule has 1 saturated heterocycles. The summed E-state index contributed by atoms with van der Waals surface area (Å²) >= 11 is 0. The number of amides is 2. The van der Waals surface area contributed by atoms with Gasteiger partial charge in [0.1, 0.15) is 17.2 Å². The first-order valence-corrected chi connectivity index (χ1v) is 18.5. The average Bonchev–Trinajstić information content (AvgIpc) is 3.02. The average molecular weight is 726 g/mol. The van der Waals surface area contributed by atoms with Gasteiger partial charge in [0.05, 0.1) is 22.6 Å². The molecule has 50 heavy (non-hydrogen) atoms. The van der Waals surface area contributed by atoms with Gasteiger partial charge in [-0.15, -0.1) is 0 Å². The summed E-state index contributed by atoms with van der Waals surface area (Å²) in [6, 6.07) is 4.59. The van der Waals surface area contributed by atoms with Crippen LogP contribution in [0, 0.1) is 0 Å². The van der Waals surface area contributed by atoms with Gasteiger partial charge in [0.25, 0.3) is 5.91 Å². The van der Waals surface area contributed by atoms with Crippen LogP contribution in [0.5, 0.6) is 5.75 Å². The fourth-order valence-corrected chi connectivity index (χ4v) is 7.42. The number of aliphatic imine (C=N–C) groups is 1. The van der Waals surface area contributed by atoms with E-state index in [1.807, 2.05) is 6.92 Å². The van der Waals surface area contributed by atoms with Crippen molar-refractivity contribution in [1.29, 1.82) is 0 Å². The second kappa shape index (κ2) is 18.2. The van der Waals surface area contributed by atoms with Crippen molar-refractivity contribution >= 4 is 34.4 Å². The molecule has 0 spiro atoms. The first-order valence-electron chi connectivity index (χ1n) is 17.1. The van der Waals surface area contributed by atoms with E-state index in [4.69, 9.17) is 25.1 Å². The molecule has 14 nitrogen and oxygen atoms in total. The van der Waals surface area contributed by atoms with Gasteiger partial charge in [-0.25, -0.2) is 13.2 Å². The number of rotatable bonds is 18. The molecule has 2 rings (SSSR count). The molecule has 0 bridgehead atoms. The highest BCUT2D eigenvalue weighted by Gasteiger charge is 2.46. The minimum Gasteiger partial charge on any atom is -0.505 e. The number of para-hydroxylation sites is 1. The molecule has 5 N–H and O–H groups in total. The summed E-state index contributed by atoms with van der Waals surface area (Å²) < 4.78 is 45.4. The van der Waals surface area contributed by atoms with Gasteiger partial charge >= 0.3 is 6.09 Å². The van der Waals surface area contributed by atoms with Crippen LogP contribution < -0.4 is 11.1 Å². The van der Waals surface area contributed by atoms with Crippen LogP contribution in [-0.4, -0.2) is 96.1 Å². The third-order valence-electron chi connectivity index (χ3n) is 8.46. The van der Waals surface area contributed by atoms with E-state index in [2.05, 4.69) is 17.0 Å². The number of sulfonamides is 1. The second-order valence-corrected chi connectivity index (χ2v) is 17.3. The summed E-state index contributed by atoms with van der Waals surface area (Å²) in [6.07, 6.45) is 5.41. The third kappa shape index (κ3) is 12.1. The molecule has 1 aromatic rings. The lowest BCUT2D eigenvalue weighted by atomic mass is 9.88. The lowest BCUT2D eigenvalue weighted by Crippen LogP contribution is -2.50. The van der Waals surface area contributed by atoms with Crippen LogP contribution in [-0.2, 0) is 35.6 Å². The number of anilines is 1. The largest absolute Gasteiger partial charge is 0.505 e. The number of phenolic OH excluding ortho intramolecular Hbond substituents is 1. The number of carbonyl (C=O) groups excluding carboxylic acids is 2. The minimum atomic E-state index is -4.23. The number of nitrogens with zero attached hydrogens (tertiary/aromatic N) is 3. The Labute approximate surface area is 298 Å². The molecule has 0 aliphatic carbocycles. The van der Waals surface area contributed by atoms with E-state index >= 15 is 0 Å². The number of nitrogens with one attached hydrogen (secondary N) is 1. The van der Waals surface area contributed by atoms with Gasteiger partial charge in [0.2, 0.25) is 10.0 Å². The van der Waals surface area contributed by atoms with Gasteiger partial charge in [0, 0.05) is 32.9 Å². The van der Waals surface area contributed by atoms with Crippen LogP contribution in [0.2, 0.25) is 0 Å². The van der Waals surface area contributed by atoms with E-state index in [0.717, 1.165) is 36.4 Å². The van der Waals surface area contributed by atoms with Gasteiger partial charge in [-0.2, -0.15) is 0 Å². The van der Waals surface area contributed by atoms with Crippen LogP contribution in [0.15, 0.2) is 34.7 Å². The van der Waals surface area contributed by atoms with E-state index in [0.29, 0.717) is 31.4 Å². The molecular formula is C35H59N5O9S. The number of carbonyl (C=O) groups is 2. The molecule has 284 valence electrons. The Balaban J connectivity index is 2.30. The Morgan fingerprint density at radius 3 is 2.34 bits per heavy atom. The molecule has 1 aliphatic heterocycles. The molecule has 2 unspecified atom stereocenters. The van der Waals surface area contributed by atoms with Crippen molar-refractivity contribution in [2.24, 2.45) is 10.7 Å². The van der Waals surface area contributed by atoms with Crippen LogP contribution in [0.25, 0.3) is 0 Å². The van der Waals surface area contributed by atoms with Crippen molar-refractivity contribution in [2.45, 2.75) is 128 Å². The lowest BCUT2D eigenvalue weighted by molar-refractivity contribution is -0.225. The smallest absolute Gasteiger partial charge is 0.410 e. The Morgan fingerprint density at radius 2 is 1.76 bits per heavy atom. The summed E-state index contributed by atoms with van der Waals surface area (Å²) in [5.41, 5.74) is 4.56. The number of nitrogens with two attached hydrogens (primary N) is 1. The SMILES string of the molecule is C=N/C(C(=O)Nc1cccc(CN(C)C(=O)OC(C)(C)C)c1O)=C(/N)N(C)S(=O)(=O)C(C)(C)CC(C)(CCCCCCO)OC1CCCCO1. The van der Waals surface area contributed by atoms with Gasteiger partial charge in [-0.3, -0.25) is 14.1 Å². The number of hydrogen-bond acceptors (Lipinski definition) is 11. The molecule has 1 fully saturated rings. The fourth-order valence-electron chi connectivity index (χ4n) is 5.85. The zero-order chi connectivity index (χ0) is 37.9. The molecule has 1 aromatic carbocycles. The molecule has 1 aliphatic rings. The Hall–Kier alpha value is -3.40. The number of benzene rings is 1. The highest BCUT2D eigenvalue weighted by Crippen LogP contribution is 2.38. The second-order valence-electron chi connectivity index (χ2n) is 14.7. The first-order chi connectivity index (χ1) is 23.2. The number of aliphatic hydroxyl groups excluding tert-OH is 1. The molecule has 15 heteroatoms. The quantitative estimate of drug-likeness (QED) is 0.0677. The maximum Gasteiger partial charge on any atom is 0.410 e. The van der Waals surface area contributed by atoms with E-state index in [-0.39, 0.29) is 31.0 Å². The van der Waals surface area contributed by atoms with Crippen molar-refractivity contribution < 1.29 is 42.4 Å². The minimum absolute atomic E-state index is 0.0123. The van der Waals surface area contributed by atoms with Gasteiger partial charge in [0.15, 0.2) is 12.0 Å². The van der Waals surface area contributed by atoms with E-state index in [1.165, 1.54) is 25.1 Å². The number of phenols is 1. The first kappa shape index (κ1) is 42.8. The number of unbranched alkanes of at least 4 members (excludes halogenated alkanes) is 3. The third-order valence-corrected chi connectivity index (χ3v) is 10.9. The summed E-state index contributed by atoms with van der Waals surface area (Å²) in [5, 5.41) is 22.6. The summed E-state index contributed by atoms with van der Waals surface area (Å²) in [6.45, 7) is 14.4. The number of aromatic hydroxyl groups is 1. The Kier molecular flexibility index (Phi) is 15.6. The number of hydrogen-bond donors (Lipinski definition) is 4. The molecule has 1 heterocycles. The fraction of sp³-hybridized carbons (Fsp3) is 0.686. The standard InChI is InChI=1S/C35H59N5O9S/c1-33(2,3)49-32(44)39(8)23-25-17-16-18-26(29(25)42)38-31(43)28(37-7)30(36)40(9)50(45,46)34(4,5)24-35(6,20-13-10-11-14-21-41)48-27-19-12-15-22-47-27/h16-18,27,41-42H,7,10-15,19-24,36H2,1-6,8-9H3,(H,38,43)/b30-28-. The molecule has 0 saturated carbocycles. The topological polar surface area (TPSA) is 193 Å². The van der Waals surface area contributed by atoms with Crippen molar-refractivity contribution in [3.63, 3.8) is 0 Å².